The second-order valence-electron chi connectivity index (χ2n) is 5.15. The van der Waals surface area contributed by atoms with E-state index in [1.54, 1.807) is 72.9 Å². The fraction of sp³-hybridized carbons (Fsp3) is 0.0500. The molecule has 0 unspecified atom stereocenters. The topological polar surface area (TPSA) is 72.5 Å². The number of sulfonamides is 1. The number of nitrogens with one attached hydrogen (secondary N) is 1. The number of hydrogen-bond donors (Lipinski definition) is 1. The molecular weight excluding hydrogens is 350 g/mol. The third-order valence-corrected chi connectivity index (χ3v) is 4.17. The maximum atomic E-state index is 12.2. The summed E-state index contributed by atoms with van der Waals surface area (Å²) in [5.41, 5.74) is 0.939. The van der Waals surface area contributed by atoms with Gasteiger partial charge in [0.1, 0.15) is 6.61 Å². The average molecular weight is 369 g/mol. The summed E-state index contributed by atoms with van der Waals surface area (Å²) in [5.74, 6) is 0. The second-order valence-corrected chi connectivity index (χ2v) is 6.69. The zero-order valence-corrected chi connectivity index (χ0v) is 14.8. The quantitative estimate of drug-likeness (QED) is 0.817. The van der Waals surface area contributed by atoms with E-state index >= 15 is 0 Å². The van der Waals surface area contributed by atoms with Crippen molar-refractivity contribution >= 4 is 15.3 Å². The van der Waals surface area contributed by atoms with Gasteiger partial charge < -0.3 is 4.74 Å². The van der Waals surface area contributed by atoms with Gasteiger partial charge in [0.05, 0.1) is 0 Å². The van der Waals surface area contributed by atoms with Crippen molar-refractivity contribution in [3.05, 3.63) is 108 Å². The van der Waals surface area contributed by atoms with Crippen molar-refractivity contribution < 1.29 is 17.9 Å². The molecule has 1 aliphatic rings. The lowest BCUT2D eigenvalue weighted by Gasteiger charge is -2.08. The van der Waals surface area contributed by atoms with Crippen LogP contribution in [0.5, 0.6) is 0 Å². The number of carbonyl (C=O) groups is 1. The number of benzene rings is 1. The predicted octanol–water partition coefficient (Wildman–Crippen LogP) is 3.92. The number of allylic oxidation sites excluding steroid dienone is 11. The molecular formula is C20H19NO4S. The van der Waals surface area contributed by atoms with Crippen LogP contribution in [0, 0.1) is 0 Å². The first kappa shape index (κ1) is 19.2. The van der Waals surface area contributed by atoms with Gasteiger partial charge in [0.25, 0.3) is 0 Å². The Bertz CT molecular complexity index is 889. The number of ether oxygens (including phenoxy) is 1. The Morgan fingerprint density at radius 1 is 0.846 bits per heavy atom. The first-order chi connectivity index (χ1) is 12.6. The fourth-order valence-corrected chi connectivity index (χ4v) is 2.63. The number of hydrogen-bond acceptors (Lipinski definition) is 4. The summed E-state index contributed by atoms with van der Waals surface area (Å²) in [6.07, 6.45) is 19.0. The smallest absolute Gasteiger partial charge is 0.445 e. The van der Waals surface area contributed by atoms with E-state index in [9.17, 15) is 13.2 Å². The minimum atomic E-state index is -4.32. The molecule has 0 fully saturated rings. The largest absolute Gasteiger partial charge is 0.448 e. The van der Waals surface area contributed by atoms with Crippen molar-refractivity contribution in [2.45, 2.75) is 6.61 Å². The molecule has 1 aliphatic carbocycles. The molecule has 0 bridgehead atoms. The summed E-state index contributed by atoms with van der Waals surface area (Å²) in [6.45, 7) is -0.116. The Balaban J connectivity index is 2.06. The lowest BCUT2D eigenvalue weighted by atomic mass is 10.2. The third kappa shape index (κ3) is 6.78. The van der Waals surface area contributed by atoms with Crippen LogP contribution in [0.15, 0.2) is 103 Å². The van der Waals surface area contributed by atoms with E-state index in [0.29, 0.717) is 5.56 Å². The first-order valence-corrected chi connectivity index (χ1v) is 9.35. The molecule has 0 saturated heterocycles. The second kappa shape index (κ2) is 10.0. The maximum absolute atomic E-state index is 12.2. The summed E-state index contributed by atoms with van der Waals surface area (Å²) >= 11 is 0. The van der Waals surface area contributed by atoms with Crippen LogP contribution >= 0.6 is 0 Å². The summed E-state index contributed by atoms with van der Waals surface area (Å²) < 4.78 is 31.4. The molecule has 0 atom stereocenters. The molecule has 0 saturated carbocycles. The van der Waals surface area contributed by atoms with E-state index in [2.05, 4.69) is 4.72 Å². The molecule has 6 heteroatoms. The van der Waals surface area contributed by atoms with Gasteiger partial charge in [-0.25, -0.2) is 4.79 Å². The molecule has 134 valence electrons. The van der Waals surface area contributed by atoms with Crippen LogP contribution in [0.3, 0.4) is 0 Å². The highest BCUT2D eigenvalue weighted by Gasteiger charge is 2.24. The molecule has 0 radical (unpaired) electrons. The van der Waals surface area contributed by atoms with Gasteiger partial charge in [-0.2, -0.15) is 8.42 Å². The van der Waals surface area contributed by atoms with E-state index in [-0.39, 0.29) is 12.3 Å². The molecule has 2 rings (SSSR count). The Labute approximate surface area is 153 Å². The van der Waals surface area contributed by atoms with Crippen molar-refractivity contribution in [3.8, 4) is 0 Å². The van der Waals surface area contributed by atoms with Gasteiger partial charge in [-0.05, 0) is 17.7 Å². The SMILES string of the molecule is O=C(OCc1ccccc1)S(=O)(=O)NC1=C/C=C\C=C/C=C\C=C/C=C\1. The monoisotopic (exact) mass is 369 g/mol. The van der Waals surface area contributed by atoms with Gasteiger partial charge in [-0.15, -0.1) is 0 Å². The lowest BCUT2D eigenvalue weighted by Crippen LogP contribution is -2.30. The Kier molecular flexibility index (Phi) is 7.39. The van der Waals surface area contributed by atoms with Crippen LogP contribution in [0.25, 0.3) is 0 Å². The highest BCUT2D eigenvalue weighted by atomic mass is 32.2. The highest BCUT2D eigenvalue weighted by Crippen LogP contribution is 2.06. The molecule has 1 aromatic carbocycles. The zero-order chi connectivity index (χ0) is 18.7. The third-order valence-electron chi connectivity index (χ3n) is 3.11. The number of rotatable bonds is 4. The van der Waals surface area contributed by atoms with Gasteiger partial charge in [-0.1, -0.05) is 85.0 Å². The van der Waals surface area contributed by atoms with Gasteiger partial charge in [-0.3, -0.25) is 4.72 Å². The summed E-state index contributed by atoms with van der Waals surface area (Å²) in [4.78, 5) is 11.9. The molecule has 5 nitrogen and oxygen atoms in total. The van der Waals surface area contributed by atoms with Crippen LogP contribution in [0.4, 0.5) is 4.79 Å². The fourth-order valence-electron chi connectivity index (χ4n) is 1.88. The molecule has 26 heavy (non-hydrogen) atoms. The lowest BCUT2D eigenvalue weighted by molar-refractivity contribution is 0.165. The Morgan fingerprint density at radius 2 is 1.42 bits per heavy atom. The van der Waals surface area contributed by atoms with Crippen LogP contribution in [-0.4, -0.2) is 13.7 Å². The van der Waals surface area contributed by atoms with E-state index < -0.39 is 15.3 Å². The van der Waals surface area contributed by atoms with Crippen molar-refractivity contribution in [2.75, 3.05) is 0 Å². The molecule has 0 spiro atoms. The van der Waals surface area contributed by atoms with Gasteiger partial charge in [0, 0.05) is 5.70 Å². The summed E-state index contributed by atoms with van der Waals surface area (Å²) in [5, 5.41) is -1.33. The molecule has 1 N–H and O–H groups in total. The van der Waals surface area contributed by atoms with Gasteiger partial charge in [0.2, 0.25) is 0 Å². The maximum Gasteiger partial charge on any atom is 0.445 e. The van der Waals surface area contributed by atoms with E-state index in [1.165, 1.54) is 0 Å². The first-order valence-electron chi connectivity index (χ1n) is 7.86. The van der Waals surface area contributed by atoms with Crippen molar-refractivity contribution in [2.24, 2.45) is 0 Å². The molecule has 0 heterocycles. The van der Waals surface area contributed by atoms with Crippen LogP contribution in [0.2, 0.25) is 0 Å². The predicted molar refractivity (Wildman–Crippen MR) is 102 cm³/mol. The Hall–Kier alpha value is -3.12. The molecule has 0 aromatic heterocycles. The van der Waals surface area contributed by atoms with Crippen molar-refractivity contribution in [1.29, 1.82) is 0 Å². The molecule has 0 amide bonds. The minimum absolute atomic E-state index is 0.116. The standard InChI is InChI=1S/C20H19NO4S/c22-20(25-17-18-13-9-8-10-14-18)26(23,24)21-19-15-11-6-4-2-1-3-5-7-12-16-19/h1-16,21H,17H2/b2-1-,3-1?,4-2?,5-3-,6-4-,7-5?,11-6?,12-7-,15-11-,16-12?,19-15?,19-16+. The van der Waals surface area contributed by atoms with Crippen LogP contribution in [-0.2, 0) is 21.4 Å². The zero-order valence-electron chi connectivity index (χ0n) is 14.0. The van der Waals surface area contributed by atoms with E-state index in [4.69, 9.17) is 4.74 Å². The number of carbonyl (C=O) groups excluding carboxylic acids is 1. The van der Waals surface area contributed by atoms with Gasteiger partial charge in [0.15, 0.2) is 0 Å². The van der Waals surface area contributed by atoms with Crippen molar-refractivity contribution in [1.82, 2.24) is 4.72 Å². The molecule has 0 aliphatic heterocycles. The minimum Gasteiger partial charge on any atom is -0.448 e. The summed E-state index contributed by atoms with van der Waals surface area (Å²) in [7, 11) is -4.32. The average Bonchev–Trinajstić information content (AvgIpc) is 2.62. The van der Waals surface area contributed by atoms with Crippen LogP contribution < -0.4 is 4.72 Å². The van der Waals surface area contributed by atoms with Crippen molar-refractivity contribution in [3.63, 3.8) is 0 Å². The van der Waals surface area contributed by atoms with Gasteiger partial charge >= 0.3 is 15.3 Å². The van der Waals surface area contributed by atoms with E-state index in [0.717, 1.165) is 0 Å². The Morgan fingerprint density at radius 3 is 2.08 bits per heavy atom. The highest BCUT2D eigenvalue weighted by molar-refractivity contribution is 8.04. The normalized spacial score (nSPS) is 22.4. The summed E-state index contributed by atoms with van der Waals surface area (Å²) in [6, 6.07) is 8.86. The molecule has 1 aromatic rings. The van der Waals surface area contributed by atoms with E-state index in [1.807, 2.05) is 24.3 Å². The van der Waals surface area contributed by atoms with Crippen LogP contribution in [0.1, 0.15) is 5.56 Å².